The number of methoxy groups -OCH3 is 1. The van der Waals surface area contributed by atoms with Crippen molar-refractivity contribution in [2.75, 3.05) is 21.2 Å². The van der Waals surface area contributed by atoms with Gasteiger partial charge in [0.1, 0.15) is 0 Å². The average molecular weight is 242 g/mol. The molecule has 1 rings (SSSR count). The molecule has 7 heteroatoms. The van der Waals surface area contributed by atoms with E-state index < -0.39 is 12.1 Å². The molecule has 0 unspecified atom stereocenters. The second-order valence-electron chi connectivity index (χ2n) is 3.49. The molecule has 0 aromatic carbocycles. The highest BCUT2D eigenvalue weighted by Gasteiger charge is 2.11. The number of amides is 1. The molecule has 1 amide bonds. The Balaban J connectivity index is 2.46. The van der Waals surface area contributed by atoms with Crippen LogP contribution in [0.25, 0.3) is 0 Å². The van der Waals surface area contributed by atoms with Crippen molar-refractivity contribution in [1.29, 1.82) is 0 Å². The number of hydrogen-bond acceptors (Lipinski definition) is 6. The highest BCUT2D eigenvalue weighted by molar-refractivity contribution is 5.71. The van der Waals surface area contributed by atoms with Gasteiger partial charge < -0.3 is 18.9 Å². The van der Waals surface area contributed by atoms with Gasteiger partial charge in [-0.05, 0) is 0 Å². The number of carbonyl (C=O) groups is 2. The number of nitrogens with zero attached hydrogens (tertiary/aromatic N) is 2. The summed E-state index contributed by atoms with van der Waals surface area (Å²) in [5.74, 6) is -0.0331. The third kappa shape index (κ3) is 4.13. The van der Waals surface area contributed by atoms with E-state index in [1.54, 1.807) is 20.2 Å². The zero-order chi connectivity index (χ0) is 12.8. The van der Waals surface area contributed by atoms with Gasteiger partial charge in [-0.25, -0.2) is 4.79 Å². The molecule has 0 saturated heterocycles. The van der Waals surface area contributed by atoms with Gasteiger partial charge in [-0.2, -0.15) is 0 Å². The largest absolute Gasteiger partial charge is 0.469 e. The summed E-state index contributed by atoms with van der Waals surface area (Å²) in [6.07, 6.45) is -0.447. The Hall–Kier alpha value is -2.05. The Morgan fingerprint density at radius 3 is 2.76 bits per heavy atom. The maximum Gasteiger partial charge on any atom is 0.409 e. The van der Waals surface area contributed by atoms with Gasteiger partial charge in [-0.1, -0.05) is 5.16 Å². The lowest BCUT2D eigenvalue weighted by molar-refractivity contribution is -0.139. The number of rotatable bonds is 4. The van der Waals surface area contributed by atoms with Crippen LogP contribution in [0.3, 0.4) is 0 Å². The average Bonchev–Trinajstić information content (AvgIpc) is 2.73. The summed E-state index contributed by atoms with van der Waals surface area (Å²) in [6.45, 7) is -0.0226. The predicted octanol–water partition coefficient (Wildman–Crippen LogP) is 0.588. The summed E-state index contributed by atoms with van der Waals surface area (Å²) in [5, 5.41) is 3.65. The van der Waals surface area contributed by atoms with Crippen LogP contribution in [0, 0.1) is 0 Å². The molecule has 7 nitrogen and oxygen atoms in total. The molecule has 0 N–H and O–H groups in total. The van der Waals surface area contributed by atoms with Crippen LogP contribution in [0.2, 0.25) is 0 Å². The van der Waals surface area contributed by atoms with Crippen LogP contribution in [0.5, 0.6) is 0 Å². The highest BCUT2D eigenvalue weighted by atomic mass is 16.6. The van der Waals surface area contributed by atoms with Gasteiger partial charge in [-0.3, -0.25) is 4.79 Å². The topological polar surface area (TPSA) is 81.9 Å². The van der Waals surface area contributed by atoms with Crippen molar-refractivity contribution < 1.29 is 23.6 Å². The van der Waals surface area contributed by atoms with Gasteiger partial charge in [0.2, 0.25) is 0 Å². The van der Waals surface area contributed by atoms with Crippen LogP contribution in [0.15, 0.2) is 10.6 Å². The third-order valence-corrected chi connectivity index (χ3v) is 1.86. The smallest absolute Gasteiger partial charge is 0.409 e. The molecule has 0 aliphatic heterocycles. The molecule has 17 heavy (non-hydrogen) atoms. The summed E-state index contributed by atoms with van der Waals surface area (Å²) >= 11 is 0. The van der Waals surface area contributed by atoms with Crippen LogP contribution in [0.1, 0.15) is 11.5 Å². The van der Waals surface area contributed by atoms with Crippen LogP contribution in [-0.4, -0.2) is 43.3 Å². The lowest BCUT2D eigenvalue weighted by Gasteiger charge is -2.08. The van der Waals surface area contributed by atoms with Gasteiger partial charge in [0.25, 0.3) is 0 Å². The summed E-state index contributed by atoms with van der Waals surface area (Å²) in [6, 6.07) is 1.54. The first-order chi connectivity index (χ1) is 8.02. The fourth-order valence-electron chi connectivity index (χ4n) is 0.989. The standard InChI is InChI=1S/C10H14N2O5/c1-12(2)10(14)16-6-8-4-7(11-17-8)5-9(13)15-3/h4H,5-6H2,1-3H3. The van der Waals surface area contributed by atoms with Crippen molar-refractivity contribution in [1.82, 2.24) is 10.1 Å². The molecule has 1 aromatic heterocycles. The molecule has 1 heterocycles. The molecule has 0 aliphatic rings. The maximum atomic E-state index is 11.1. The normalized spacial score (nSPS) is 9.82. The Morgan fingerprint density at radius 2 is 2.18 bits per heavy atom. The summed E-state index contributed by atoms with van der Waals surface area (Å²) in [7, 11) is 4.44. The first kappa shape index (κ1) is 13.0. The minimum absolute atomic E-state index is 0.0226. The monoisotopic (exact) mass is 242 g/mol. The van der Waals surface area contributed by atoms with E-state index in [-0.39, 0.29) is 13.0 Å². The lowest BCUT2D eigenvalue weighted by atomic mass is 10.3. The van der Waals surface area contributed by atoms with Crippen LogP contribution in [0.4, 0.5) is 4.79 Å². The van der Waals surface area contributed by atoms with Gasteiger partial charge in [-0.15, -0.1) is 0 Å². The summed E-state index contributed by atoms with van der Waals surface area (Å²) < 4.78 is 14.2. The molecule has 0 bridgehead atoms. The molecule has 1 aromatic rings. The van der Waals surface area contributed by atoms with Gasteiger partial charge in [0.05, 0.1) is 19.2 Å². The second kappa shape index (κ2) is 5.88. The van der Waals surface area contributed by atoms with Crippen LogP contribution < -0.4 is 0 Å². The van der Waals surface area contributed by atoms with Crippen molar-refractivity contribution in [2.45, 2.75) is 13.0 Å². The Bertz CT molecular complexity index is 399. The first-order valence-electron chi connectivity index (χ1n) is 4.88. The predicted molar refractivity (Wildman–Crippen MR) is 56.1 cm³/mol. The Morgan fingerprint density at radius 1 is 1.47 bits per heavy atom. The van der Waals surface area contributed by atoms with E-state index in [0.29, 0.717) is 11.5 Å². The van der Waals surface area contributed by atoms with Crippen molar-refractivity contribution in [3.05, 3.63) is 17.5 Å². The quantitative estimate of drug-likeness (QED) is 0.718. The highest BCUT2D eigenvalue weighted by Crippen LogP contribution is 2.07. The van der Waals surface area contributed by atoms with E-state index in [2.05, 4.69) is 9.89 Å². The molecule has 0 spiro atoms. The van der Waals surface area contributed by atoms with Crippen LogP contribution >= 0.6 is 0 Å². The number of aromatic nitrogens is 1. The van der Waals surface area contributed by atoms with Crippen molar-refractivity contribution in [2.24, 2.45) is 0 Å². The summed E-state index contributed by atoms with van der Waals surface area (Å²) in [4.78, 5) is 23.4. The summed E-state index contributed by atoms with van der Waals surface area (Å²) in [5.41, 5.74) is 0.438. The van der Waals surface area contributed by atoms with Gasteiger partial charge in [0, 0.05) is 20.2 Å². The maximum absolute atomic E-state index is 11.1. The fraction of sp³-hybridized carbons (Fsp3) is 0.500. The van der Waals surface area contributed by atoms with Crippen molar-refractivity contribution in [3.63, 3.8) is 0 Å². The lowest BCUT2D eigenvalue weighted by Crippen LogP contribution is -2.22. The molecule has 94 valence electrons. The van der Waals surface area contributed by atoms with Crippen molar-refractivity contribution in [3.8, 4) is 0 Å². The third-order valence-electron chi connectivity index (χ3n) is 1.86. The first-order valence-corrected chi connectivity index (χ1v) is 4.88. The molecule has 0 radical (unpaired) electrons. The number of ether oxygens (including phenoxy) is 2. The van der Waals surface area contributed by atoms with Crippen molar-refractivity contribution >= 4 is 12.1 Å². The number of hydrogen-bond donors (Lipinski definition) is 0. The number of esters is 1. The van der Waals surface area contributed by atoms with Gasteiger partial charge >= 0.3 is 12.1 Å². The second-order valence-corrected chi connectivity index (χ2v) is 3.49. The molecule has 0 aliphatic carbocycles. The molecule has 0 saturated carbocycles. The zero-order valence-corrected chi connectivity index (χ0v) is 9.93. The van der Waals surface area contributed by atoms with E-state index >= 15 is 0 Å². The molecule has 0 fully saturated rings. The van der Waals surface area contributed by atoms with E-state index in [9.17, 15) is 9.59 Å². The number of carbonyl (C=O) groups excluding carboxylic acids is 2. The molecular formula is C10H14N2O5. The molecular weight excluding hydrogens is 228 g/mol. The van der Waals surface area contributed by atoms with Crippen LogP contribution in [-0.2, 0) is 27.3 Å². The minimum atomic E-state index is -0.476. The Kier molecular flexibility index (Phi) is 4.50. The van der Waals surface area contributed by atoms with E-state index in [1.165, 1.54) is 12.0 Å². The zero-order valence-electron chi connectivity index (χ0n) is 9.93. The minimum Gasteiger partial charge on any atom is -0.469 e. The Labute approximate surface area is 98.3 Å². The van der Waals surface area contributed by atoms with E-state index in [0.717, 1.165) is 0 Å². The van der Waals surface area contributed by atoms with Gasteiger partial charge in [0.15, 0.2) is 12.4 Å². The van der Waals surface area contributed by atoms with E-state index in [1.807, 2.05) is 0 Å². The van der Waals surface area contributed by atoms with E-state index in [4.69, 9.17) is 9.26 Å². The fourth-order valence-corrected chi connectivity index (χ4v) is 0.989. The molecule has 0 atom stereocenters. The SMILES string of the molecule is COC(=O)Cc1cc(COC(=O)N(C)C)on1.